The van der Waals surface area contributed by atoms with Gasteiger partial charge in [-0.15, -0.1) is 0 Å². The molecule has 0 radical (unpaired) electrons. The number of benzene rings is 2. The fraction of sp³-hybridized carbons (Fsp3) is 0.444. The molecular weight excluding hydrogens is 451 g/mol. The summed E-state index contributed by atoms with van der Waals surface area (Å²) in [5.74, 6) is -1.11. The van der Waals surface area contributed by atoms with E-state index < -0.39 is 17.7 Å². The van der Waals surface area contributed by atoms with Crippen molar-refractivity contribution < 1.29 is 28.6 Å². The third kappa shape index (κ3) is 7.04. The van der Waals surface area contributed by atoms with Crippen LogP contribution in [0.2, 0.25) is 0 Å². The van der Waals surface area contributed by atoms with E-state index in [1.165, 1.54) is 30.5 Å². The Balaban J connectivity index is 1.19. The normalized spacial score (nSPS) is 19.6. The molecule has 2 aliphatic rings. The molecular formula is C27H31FN2O5. The van der Waals surface area contributed by atoms with Gasteiger partial charge < -0.3 is 20.5 Å². The summed E-state index contributed by atoms with van der Waals surface area (Å²) in [7, 11) is 0. The molecule has 3 N–H and O–H groups in total. The lowest BCUT2D eigenvalue weighted by atomic mass is 9.85. The highest BCUT2D eigenvalue weighted by molar-refractivity contribution is 5.95. The van der Waals surface area contributed by atoms with Crippen LogP contribution < -0.4 is 15.4 Å². The summed E-state index contributed by atoms with van der Waals surface area (Å²) in [5.41, 5.74) is 1.73. The van der Waals surface area contributed by atoms with Gasteiger partial charge in [-0.3, -0.25) is 14.4 Å². The zero-order valence-corrected chi connectivity index (χ0v) is 19.6. The van der Waals surface area contributed by atoms with Gasteiger partial charge in [0, 0.05) is 31.1 Å². The zero-order valence-electron chi connectivity index (χ0n) is 19.6. The number of amides is 2. The molecule has 7 nitrogen and oxygen atoms in total. The Morgan fingerprint density at radius 2 is 1.54 bits per heavy atom. The molecule has 0 aromatic heterocycles. The number of nitrogens with one attached hydrogen (secondary N) is 2. The van der Waals surface area contributed by atoms with Crippen LogP contribution in [-0.4, -0.2) is 42.1 Å². The molecule has 4 rings (SSSR count). The van der Waals surface area contributed by atoms with Crippen molar-refractivity contribution >= 4 is 17.8 Å². The van der Waals surface area contributed by atoms with E-state index >= 15 is 0 Å². The van der Waals surface area contributed by atoms with E-state index in [-0.39, 0.29) is 43.0 Å². The molecule has 0 unspecified atom stereocenters. The number of rotatable bonds is 10. The van der Waals surface area contributed by atoms with E-state index in [0.29, 0.717) is 17.2 Å². The van der Waals surface area contributed by atoms with Gasteiger partial charge in [0.1, 0.15) is 11.6 Å². The first-order chi connectivity index (χ1) is 16.9. The Bertz CT molecular complexity index is 1060. The first-order valence-corrected chi connectivity index (χ1v) is 12.2. The van der Waals surface area contributed by atoms with Crippen LogP contribution in [0.5, 0.6) is 5.75 Å². The number of hydrogen-bond donors (Lipinski definition) is 3. The molecule has 2 amide bonds. The highest BCUT2D eigenvalue weighted by Gasteiger charge is 2.25. The molecule has 2 saturated carbocycles. The second-order valence-corrected chi connectivity index (χ2v) is 9.41. The molecule has 35 heavy (non-hydrogen) atoms. The Hall–Kier alpha value is -3.42. The Labute approximate surface area is 204 Å². The van der Waals surface area contributed by atoms with E-state index in [9.17, 15) is 18.8 Å². The summed E-state index contributed by atoms with van der Waals surface area (Å²) in [6, 6.07) is 11.7. The van der Waals surface area contributed by atoms with E-state index in [1.807, 2.05) is 24.3 Å². The van der Waals surface area contributed by atoms with Crippen molar-refractivity contribution in [1.29, 1.82) is 0 Å². The maximum absolute atomic E-state index is 14.5. The Morgan fingerprint density at radius 3 is 2.14 bits per heavy atom. The quantitative estimate of drug-likeness (QED) is 0.439. The van der Waals surface area contributed by atoms with Crippen LogP contribution in [-0.2, 0) is 4.79 Å². The lowest BCUT2D eigenvalue weighted by Crippen LogP contribution is -2.35. The molecule has 0 heterocycles. The molecule has 0 saturated heterocycles. The number of hydrogen-bond acceptors (Lipinski definition) is 4. The maximum Gasteiger partial charge on any atom is 0.303 e. The molecule has 186 valence electrons. The molecule has 2 aromatic carbocycles. The average molecular weight is 483 g/mol. The summed E-state index contributed by atoms with van der Waals surface area (Å²) in [6.45, 7) is 0.393. The Kier molecular flexibility index (Phi) is 8.00. The molecule has 0 spiro atoms. The fourth-order valence-electron chi connectivity index (χ4n) is 4.52. The van der Waals surface area contributed by atoms with Gasteiger partial charge in [-0.1, -0.05) is 12.1 Å². The minimum atomic E-state index is -0.786. The lowest BCUT2D eigenvalue weighted by Gasteiger charge is -2.28. The van der Waals surface area contributed by atoms with E-state index in [4.69, 9.17) is 9.84 Å². The molecule has 0 aliphatic heterocycles. The van der Waals surface area contributed by atoms with Gasteiger partial charge in [0.25, 0.3) is 11.8 Å². The van der Waals surface area contributed by atoms with Crippen molar-refractivity contribution in [3.05, 3.63) is 65.0 Å². The number of carbonyl (C=O) groups is 3. The predicted octanol–water partition coefficient (Wildman–Crippen LogP) is 4.28. The third-order valence-electron chi connectivity index (χ3n) is 6.66. The van der Waals surface area contributed by atoms with Gasteiger partial charge in [0.05, 0.1) is 11.7 Å². The number of carboxylic acid groups (broad SMARTS) is 1. The number of carbonyl (C=O) groups excluding carboxylic acids is 2. The van der Waals surface area contributed by atoms with E-state index in [0.717, 1.165) is 25.7 Å². The smallest absolute Gasteiger partial charge is 0.303 e. The molecule has 2 fully saturated rings. The first-order valence-electron chi connectivity index (χ1n) is 12.2. The molecule has 8 heteroatoms. The van der Waals surface area contributed by atoms with Crippen LogP contribution in [0.25, 0.3) is 0 Å². The molecule has 0 bridgehead atoms. The topological polar surface area (TPSA) is 105 Å². The van der Waals surface area contributed by atoms with Crippen molar-refractivity contribution in [3.8, 4) is 5.75 Å². The average Bonchev–Trinajstić information content (AvgIpc) is 3.68. The first kappa shape index (κ1) is 24.7. The van der Waals surface area contributed by atoms with Crippen molar-refractivity contribution in [2.24, 2.45) is 5.92 Å². The van der Waals surface area contributed by atoms with Crippen LogP contribution in [0, 0.1) is 11.7 Å². The van der Waals surface area contributed by atoms with Crippen LogP contribution in [0.15, 0.2) is 42.5 Å². The Morgan fingerprint density at radius 1 is 0.886 bits per heavy atom. The lowest BCUT2D eigenvalue weighted by molar-refractivity contribution is -0.138. The SMILES string of the molecule is O=C(O)C[C@H]1CC[C@@H](Oc2ccc(C(=O)NCCNC(=O)c3ccc(C4CC4)cc3)c(F)c2)CC1. The fourth-order valence-corrected chi connectivity index (χ4v) is 4.52. The predicted molar refractivity (Wildman–Crippen MR) is 128 cm³/mol. The largest absolute Gasteiger partial charge is 0.490 e. The maximum atomic E-state index is 14.5. The summed E-state index contributed by atoms with van der Waals surface area (Å²) < 4.78 is 20.4. The summed E-state index contributed by atoms with van der Waals surface area (Å²) >= 11 is 0. The monoisotopic (exact) mass is 482 g/mol. The summed E-state index contributed by atoms with van der Waals surface area (Å²) in [5, 5.41) is 14.3. The van der Waals surface area contributed by atoms with Gasteiger partial charge in [-0.05, 0) is 80.2 Å². The van der Waals surface area contributed by atoms with Gasteiger partial charge in [-0.25, -0.2) is 4.39 Å². The second-order valence-electron chi connectivity index (χ2n) is 9.41. The highest BCUT2D eigenvalue weighted by Crippen LogP contribution is 2.39. The summed E-state index contributed by atoms with van der Waals surface area (Å²) in [6.07, 6.45) is 5.47. The minimum Gasteiger partial charge on any atom is -0.490 e. The van der Waals surface area contributed by atoms with Gasteiger partial charge in [-0.2, -0.15) is 0 Å². The van der Waals surface area contributed by atoms with Crippen LogP contribution >= 0.6 is 0 Å². The molecule has 2 aromatic rings. The van der Waals surface area contributed by atoms with Crippen LogP contribution in [0.1, 0.15) is 77.1 Å². The van der Waals surface area contributed by atoms with Crippen molar-refractivity contribution in [2.75, 3.05) is 13.1 Å². The number of ether oxygens (including phenoxy) is 1. The highest BCUT2D eigenvalue weighted by atomic mass is 19.1. The molecule has 0 atom stereocenters. The number of halogens is 1. The van der Waals surface area contributed by atoms with Crippen molar-refractivity contribution in [2.45, 2.75) is 57.0 Å². The van der Waals surface area contributed by atoms with Crippen LogP contribution in [0.4, 0.5) is 4.39 Å². The zero-order chi connectivity index (χ0) is 24.8. The van der Waals surface area contributed by atoms with Crippen molar-refractivity contribution in [1.82, 2.24) is 10.6 Å². The van der Waals surface area contributed by atoms with Gasteiger partial charge in [0.15, 0.2) is 0 Å². The number of carboxylic acids is 1. The van der Waals surface area contributed by atoms with Gasteiger partial charge >= 0.3 is 5.97 Å². The third-order valence-corrected chi connectivity index (χ3v) is 6.66. The van der Waals surface area contributed by atoms with Crippen molar-refractivity contribution in [3.63, 3.8) is 0 Å². The van der Waals surface area contributed by atoms with Gasteiger partial charge in [0.2, 0.25) is 0 Å². The minimum absolute atomic E-state index is 0.0901. The number of aliphatic carboxylic acids is 1. The van der Waals surface area contributed by atoms with Crippen LogP contribution in [0.3, 0.4) is 0 Å². The molecule has 2 aliphatic carbocycles. The standard InChI is InChI=1S/C27H31FN2O5/c28-24-16-22(35-21-9-1-17(2-10-21)15-25(31)32)11-12-23(24)27(34)30-14-13-29-26(33)20-7-5-19(6-8-20)18-3-4-18/h5-8,11-12,16-18,21H,1-4,9-10,13-15H2,(H,29,33)(H,30,34)(H,31,32)/t17-,21+. The second kappa shape index (κ2) is 11.3. The van der Waals surface area contributed by atoms with E-state index in [1.54, 1.807) is 6.07 Å². The summed E-state index contributed by atoms with van der Waals surface area (Å²) in [4.78, 5) is 35.5. The van der Waals surface area contributed by atoms with E-state index in [2.05, 4.69) is 10.6 Å².